The molecule has 26 heavy (non-hydrogen) atoms. The maximum Gasteiger partial charge on any atom is -0.00615 e. The zero-order valence-corrected chi connectivity index (χ0v) is 16.8. The van der Waals surface area contributed by atoms with E-state index in [1.807, 2.05) is 0 Å². The largest absolute Gasteiger partial charge is 0.0616 e. The Morgan fingerprint density at radius 2 is 1.08 bits per heavy atom. The SMILES string of the molecule is CC(C)(C)c1ccc2c(c1)c1ccccc1c1c(C(C)(C)C)cccc21. The number of benzene rings is 4. The summed E-state index contributed by atoms with van der Waals surface area (Å²) in [5.41, 5.74) is 3.08. The van der Waals surface area contributed by atoms with Gasteiger partial charge >= 0.3 is 0 Å². The lowest BCUT2D eigenvalue weighted by Gasteiger charge is -2.24. The fourth-order valence-corrected chi connectivity index (χ4v) is 4.10. The van der Waals surface area contributed by atoms with Crippen molar-refractivity contribution in [2.75, 3.05) is 0 Å². The summed E-state index contributed by atoms with van der Waals surface area (Å²) in [5.74, 6) is 0. The molecule has 0 amide bonds. The van der Waals surface area contributed by atoms with E-state index in [4.69, 9.17) is 0 Å². The smallest absolute Gasteiger partial charge is 0.00615 e. The third-order valence-electron chi connectivity index (χ3n) is 5.53. The van der Waals surface area contributed by atoms with Crippen LogP contribution in [0.15, 0.2) is 60.7 Å². The molecule has 0 aliphatic rings. The van der Waals surface area contributed by atoms with Crippen LogP contribution in [-0.4, -0.2) is 0 Å². The standard InChI is InChI=1S/C26H28/c1-25(2,3)17-14-15-19-21-12-9-13-23(26(4,5)6)24(21)20-11-8-7-10-18(20)22(19)16-17/h7-16H,1-6H3. The average Bonchev–Trinajstić information content (AvgIpc) is 2.59. The molecule has 0 nitrogen and oxygen atoms in total. The first-order chi connectivity index (χ1) is 12.2. The molecule has 0 unspecified atom stereocenters. The van der Waals surface area contributed by atoms with Gasteiger partial charge in [-0.1, -0.05) is 96.1 Å². The van der Waals surface area contributed by atoms with Crippen molar-refractivity contribution < 1.29 is 0 Å². The quantitative estimate of drug-likeness (QED) is 0.287. The van der Waals surface area contributed by atoms with Crippen molar-refractivity contribution in [1.29, 1.82) is 0 Å². The second-order valence-corrected chi connectivity index (χ2v) is 9.53. The van der Waals surface area contributed by atoms with E-state index in [2.05, 4.69) is 102 Å². The monoisotopic (exact) mass is 340 g/mol. The normalized spacial score (nSPS) is 13.0. The average molecular weight is 341 g/mol. The minimum absolute atomic E-state index is 0.112. The van der Waals surface area contributed by atoms with Gasteiger partial charge in [-0.25, -0.2) is 0 Å². The fourth-order valence-electron chi connectivity index (χ4n) is 4.10. The summed E-state index contributed by atoms with van der Waals surface area (Å²) in [7, 11) is 0. The van der Waals surface area contributed by atoms with Crippen molar-refractivity contribution in [3.05, 3.63) is 71.8 Å². The summed E-state index contributed by atoms with van der Waals surface area (Å²) in [6.07, 6.45) is 0. The van der Waals surface area contributed by atoms with Crippen LogP contribution in [0.2, 0.25) is 0 Å². The summed E-state index contributed by atoms with van der Waals surface area (Å²) in [5, 5.41) is 8.23. The molecule has 4 aromatic carbocycles. The molecular formula is C26H28. The molecule has 0 aliphatic heterocycles. The maximum atomic E-state index is 2.40. The minimum atomic E-state index is 0.112. The number of rotatable bonds is 0. The summed E-state index contributed by atoms with van der Waals surface area (Å²) < 4.78 is 0. The first-order valence-corrected chi connectivity index (χ1v) is 9.56. The molecule has 132 valence electrons. The van der Waals surface area contributed by atoms with E-state index in [1.54, 1.807) is 0 Å². The van der Waals surface area contributed by atoms with Gasteiger partial charge in [0.15, 0.2) is 0 Å². The molecule has 0 aliphatic carbocycles. The van der Waals surface area contributed by atoms with Gasteiger partial charge in [-0.15, -0.1) is 0 Å². The van der Waals surface area contributed by atoms with Crippen LogP contribution in [0.1, 0.15) is 52.7 Å². The van der Waals surface area contributed by atoms with Crippen LogP contribution in [0.25, 0.3) is 32.3 Å². The van der Waals surface area contributed by atoms with Crippen molar-refractivity contribution in [2.45, 2.75) is 52.4 Å². The summed E-state index contributed by atoms with van der Waals surface area (Å²) in [6, 6.07) is 22.7. The maximum absolute atomic E-state index is 2.40. The van der Waals surface area contributed by atoms with Gasteiger partial charge in [0.2, 0.25) is 0 Å². The van der Waals surface area contributed by atoms with Gasteiger partial charge in [0.05, 0.1) is 0 Å². The van der Waals surface area contributed by atoms with Gasteiger partial charge in [-0.3, -0.25) is 0 Å². The van der Waals surface area contributed by atoms with E-state index in [0.29, 0.717) is 0 Å². The molecule has 0 saturated carbocycles. The Balaban J connectivity index is 2.28. The van der Waals surface area contributed by atoms with Gasteiger partial charge in [-0.05, 0) is 60.3 Å². The Morgan fingerprint density at radius 1 is 0.500 bits per heavy atom. The van der Waals surface area contributed by atoms with Crippen LogP contribution in [0.4, 0.5) is 0 Å². The summed E-state index contributed by atoms with van der Waals surface area (Å²) in [6.45, 7) is 13.8. The number of hydrogen-bond acceptors (Lipinski definition) is 0. The molecule has 0 fully saturated rings. The van der Waals surface area contributed by atoms with Gasteiger partial charge < -0.3 is 0 Å². The van der Waals surface area contributed by atoms with Crippen LogP contribution < -0.4 is 0 Å². The van der Waals surface area contributed by atoms with E-state index in [1.165, 1.54) is 43.4 Å². The minimum Gasteiger partial charge on any atom is -0.0616 e. The van der Waals surface area contributed by atoms with Crippen LogP contribution >= 0.6 is 0 Å². The van der Waals surface area contributed by atoms with Crippen molar-refractivity contribution in [3.8, 4) is 0 Å². The van der Waals surface area contributed by atoms with Crippen LogP contribution in [0.5, 0.6) is 0 Å². The van der Waals surface area contributed by atoms with Crippen molar-refractivity contribution in [1.82, 2.24) is 0 Å². The molecule has 0 bridgehead atoms. The highest BCUT2D eigenvalue weighted by atomic mass is 14.2. The predicted molar refractivity (Wildman–Crippen MR) is 116 cm³/mol. The Morgan fingerprint density at radius 3 is 1.69 bits per heavy atom. The highest BCUT2D eigenvalue weighted by Gasteiger charge is 2.21. The van der Waals surface area contributed by atoms with Crippen molar-refractivity contribution in [3.63, 3.8) is 0 Å². The molecule has 0 heterocycles. The second kappa shape index (κ2) is 5.58. The molecule has 0 heteroatoms. The van der Waals surface area contributed by atoms with Crippen LogP contribution in [-0.2, 0) is 10.8 Å². The second-order valence-electron chi connectivity index (χ2n) is 9.53. The Labute approximate surface area is 156 Å². The highest BCUT2D eigenvalue weighted by Crippen LogP contribution is 2.41. The molecule has 0 atom stereocenters. The van der Waals surface area contributed by atoms with Crippen molar-refractivity contribution in [2.24, 2.45) is 0 Å². The third-order valence-corrected chi connectivity index (χ3v) is 5.53. The van der Waals surface area contributed by atoms with E-state index in [-0.39, 0.29) is 10.8 Å². The summed E-state index contributed by atoms with van der Waals surface area (Å²) >= 11 is 0. The predicted octanol–water partition coefficient (Wildman–Crippen LogP) is 7.74. The van der Waals surface area contributed by atoms with E-state index in [9.17, 15) is 0 Å². The third kappa shape index (κ3) is 2.60. The zero-order valence-electron chi connectivity index (χ0n) is 16.8. The van der Waals surface area contributed by atoms with E-state index >= 15 is 0 Å². The lowest BCUT2D eigenvalue weighted by molar-refractivity contribution is 0.591. The molecule has 0 radical (unpaired) electrons. The Bertz CT molecular complexity index is 1090. The summed E-state index contributed by atoms with van der Waals surface area (Å²) in [4.78, 5) is 0. The van der Waals surface area contributed by atoms with Crippen LogP contribution in [0.3, 0.4) is 0 Å². The first-order valence-electron chi connectivity index (χ1n) is 9.56. The van der Waals surface area contributed by atoms with E-state index < -0.39 is 0 Å². The van der Waals surface area contributed by atoms with E-state index in [0.717, 1.165) is 0 Å². The molecule has 0 N–H and O–H groups in total. The van der Waals surface area contributed by atoms with Crippen LogP contribution in [0, 0.1) is 0 Å². The zero-order chi connectivity index (χ0) is 18.7. The van der Waals surface area contributed by atoms with Crippen molar-refractivity contribution >= 4 is 32.3 Å². The first kappa shape index (κ1) is 17.1. The van der Waals surface area contributed by atoms with Gasteiger partial charge in [0.1, 0.15) is 0 Å². The molecule has 0 saturated heterocycles. The van der Waals surface area contributed by atoms with Gasteiger partial charge in [0, 0.05) is 0 Å². The molecule has 0 aromatic heterocycles. The molecule has 4 rings (SSSR count). The van der Waals surface area contributed by atoms with Gasteiger partial charge in [-0.2, -0.15) is 0 Å². The molecule has 0 spiro atoms. The highest BCUT2D eigenvalue weighted by molar-refractivity contribution is 6.26. The van der Waals surface area contributed by atoms with Gasteiger partial charge in [0.25, 0.3) is 0 Å². The Hall–Kier alpha value is -2.34. The topological polar surface area (TPSA) is 0 Å². The lowest BCUT2D eigenvalue weighted by Crippen LogP contribution is -2.12. The number of hydrogen-bond donors (Lipinski definition) is 0. The number of fused-ring (bicyclic) bond motifs is 6. The fraction of sp³-hybridized carbons (Fsp3) is 0.308. The Kier molecular flexibility index (Phi) is 3.67. The molecule has 4 aromatic rings. The lowest BCUT2D eigenvalue weighted by atomic mass is 9.80. The molecular weight excluding hydrogens is 312 g/mol.